The Hall–Kier alpha value is -3.07. The summed E-state index contributed by atoms with van der Waals surface area (Å²) in [4.78, 5) is 31.1. The fourth-order valence-corrected chi connectivity index (χ4v) is 2.59. The topological polar surface area (TPSA) is 126 Å². The number of hydrogen-bond acceptors (Lipinski definition) is 5. The van der Waals surface area contributed by atoms with Gasteiger partial charge in [0, 0.05) is 17.1 Å². The molecule has 0 aliphatic carbocycles. The molecule has 1 amide bonds. The van der Waals surface area contributed by atoms with Gasteiger partial charge in [0.2, 0.25) is 5.88 Å². The summed E-state index contributed by atoms with van der Waals surface area (Å²) >= 11 is 4.84. The maximum absolute atomic E-state index is 11.9. The molecule has 0 unspecified atom stereocenters. The monoisotopic (exact) mass is 343 g/mol. The van der Waals surface area contributed by atoms with E-state index in [0.29, 0.717) is 11.1 Å². The van der Waals surface area contributed by atoms with Crippen molar-refractivity contribution in [1.82, 2.24) is 15.0 Å². The lowest BCUT2D eigenvalue weighted by Crippen LogP contribution is -2.10. The number of nitrogens with zero attached hydrogens (tertiary/aromatic N) is 2. The van der Waals surface area contributed by atoms with Crippen LogP contribution in [0.4, 0.5) is 5.69 Å². The van der Waals surface area contributed by atoms with Crippen LogP contribution < -0.4 is 5.56 Å². The second-order valence-electron chi connectivity index (χ2n) is 5.20. The lowest BCUT2D eigenvalue weighted by atomic mass is 10.1. The zero-order valence-corrected chi connectivity index (χ0v) is 13.4. The number of fused-ring (bicyclic) bond motifs is 1. The fourth-order valence-electron chi connectivity index (χ4n) is 2.36. The molecule has 8 nitrogen and oxygen atoms in total. The molecule has 3 rings (SSSR count). The van der Waals surface area contributed by atoms with Gasteiger partial charge in [-0.1, -0.05) is 18.2 Å². The number of aromatic nitrogens is 3. The lowest BCUT2D eigenvalue weighted by molar-refractivity contribution is -0.117. The van der Waals surface area contributed by atoms with Gasteiger partial charge in [0.15, 0.2) is 10.5 Å². The van der Waals surface area contributed by atoms with E-state index in [2.05, 4.69) is 25.2 Å². The largest absolute Gasteiger partial charge is 0.493 e. The molecule has 122 valence electrons. The number of para-hydroxylation sites is 1. The van der Waals surface area contributed by atoms with Crippen LogP contribution in [0.2, 0.25) is 0 Å². The molecule has 9 heteroatoms. The standard InChI is InChI=1S/C15H13N5O3S/c1-7-3-2-4-9-12(7)18-14(23)13(9)20-19-11(22)6-8-5-10(21)17-15(24)16-8/h2-5,18,23H,6H2,1H3,(H2,16,17,21,24). The molecule has 0 saturated heterocycles. The SMILES string of the molecule is Cc1cccc2c(N=NC(=O)Cc3cc(=O)[nH]c(=S)[nH]3)c(O)[nH]c12. The van der Waals surface area contributed by atoms with E-state index >= 15 is 0 Å². The molecule has 0 saturated carbocycles. The number of benzene rings is 1. The molecular weight excluding hydrogens is 330 g/mol. The smallest absolute Gasteiger partial charge is 0.270 e. The van der Waals surface area contributed by atoms with Gasteiger partial charge in [-0.05, 0) is 24.7 Å². The Labute approximate surface area is 140 Å². The number of aromatic amines is 3. The van der Waals surface area contributed by atoms with E-state index < -0.39 is 11.5 Å². The van der Waals surface area contributed by atoms with Crippen LogP contribution in [0.15, 0.2) is 39.3 Å². The van der Waals surface area contributed by atoms with Crippen molar-refractivity contribution in [2.24, 2.45) is 10.2 Å². The number of carbonyl (C=O) groups is 1. The minimum atomic E-state index is -0.576. The van der Waals surface area contributed by atoms with E-state index in [1.807, 2.05) is 19.1 Å². The van der Waals surface area contributed by atoms with Gasteiger partial charge in [-0.15, -0.1) is 10.2 Å². The molecule has 0 radical (unpaired) electrons. The number of azo groups is 1. The van der Waals surface area contributed by atoms with Crippen LogP contribution >= 0.6 is 12.2 Å². The predicted molar refractivity (Wildman–Crippen MR) is 90.2 cm³/mol. The van der Waals surface area contributed by atoms with Crippen molar-refractivity contribution in [3.63, 3.8) is 0 Å². The molecule has 0 aliphatic heterocycles. The first-order valence-electron chi connectivity index (χ1n) is 7.01. The van der Waals surface area contributed by atoms with E-state index in [4.69, 9.17) is 12.2 Å². The van der Waals surface area contributed by atoms with Crippen LogP contribution in [-0.4, -0.2) is 26.0 Å². The molecule has 4 N–H and O–H groups in total. The molecule has 0 atom stereocenters. The third kappa shape index (κ3) is 3.15. The number of rotatable bonds is 3. The van der Waals surface area contributed by atoms with Gasteiger partial charge >= 0.3 is 0 Å². The summed E-state index contributed by atoms with van der Waals surface area (Å²) in [5.74, 6) is -0.737. The van der Waals surface area contributed by atoms with Gasteiger partial charge in [0.05, 0.1) is 11.9 Å². The number of aromatic hydroxyl groups is 1. The Morgan fingerprint density at radius 2 is 2.08 bits per heavy atom. The lowest BCUT2D eigenvalue weighted by Gasteiger charge is -1.97. The number of amides is 1. The highest BCUT2D eigenvalue weighted by atomic mass is 32.1. The Morgan fingerprint density at radius 1 is 1.29 bits per heavy atom. The fraction of sp³-hybridized carbons (Fsp3) is 0.133. The predicted octanol–water partition coefficient (Wildman–Crippen LogP) is 2.78. The summed E-state index contributed by atoms with van der Waals surface area (Å²) in [6.07, 6.45) is -0.154. The first-order chi connectivity index (χ1) is 11.4. The first kappa shape index (κ1) is 15.8. The van der Waals surface area contributed by atoms with Gasteiger partial charge in [0.1, 0.15) is 0 Å². The quantitative estimate of drug-likeness (QED) is 0.431. The van der Waals surface area contributed by atoms with E-state index in [0.717, 1.165) is 11.1 Å². The molecule has 0 spiro atoms. The highest BCUT2D eigenvalue weighted by molar-refractivity contribution is 7.71. The third-order valence-electron chi connectivity index (χ3n) is 3.41. The number of aryl methyl sites for hydroxylation is 1. The van der Waals surface area contributed by atoms with Crippen molar-refractivity contribution in [2.75, 3.05) is 0 Å². The number of carbonyl (C=O) groups excluding carboxylic acids is 1. The molecule has 0 fully saturated rings. The average Bonchev–Trinajstić information content (AvgIpc) is 2.81. The van der Waals surface area contributed by atoms with Crippen molar-refractivity contribution in [3.8, 4) is 5.88 Å². The number of H-pyrrole nitrogens is 3. The maximum Gasteiger partial charge on any atom is 0.270 e. The van der Waals surface area contributed by atoms with E-state index in [1.165, 1.54) is 6.07 Å². The molecule has 3 aromatic rings. The summed E-state index contributed by atoms with van der Waals surface area (Å²) in [5.41, 5.74) is 1.80. The summed E-state index contributed by atoms with van der Waals surface area (Å²) in [7, 11) is 0. The van der Waals surface area contributed by atoms with Crippen LogP contribution in [0.5, 0.6) is 5.88 Å². The van der Waals surface area contributed by atoms with Crippen molar-refractivity contribution in [1.29, 1.82) is 0 Å². The zero-order chi connectivity index (χ0) is 17.3. The van der Waals surface area contributed by atoms with Crippen LogP contribution in [0.25, 0.3) is 10.9 Å². The normalized spacial score (nSPS) is 11.4. The van der Waals surface area contributed by atoms with Crippen molar-refractivity contribution in [3.05, 3.63) is 50.6 Å². The molecule has 0 aliphatic rings. The third-order valence-corrected chi connectivity index (χ3v) is 3.62. The van der Waals surface area contributed by atoms with Crippen molar-refractivity contribution < 1.29 is 9.90 Å². The number of hydrogen-bond donors (Lipinski definition) is 4. The highest BCUT2D eigenvalue weighted by Gasteiger charge is 2.12. The van der Waals surface area contributed by atoms with Gasteiger partial charge in [-0.3, -0.25) is 14.6 Å². The summed E-state index contributed by atoms with van der Waals surface area (Å²) < 4.78 is 0.131. The highest BCUT2D eigenvalue weighted by Crippen LogP contribution is 2.36. The zero-order valence-electron chi connectivity index (χ0n) is 12.6. The molecule has 2 aromatic heterocycles. The van der Waals surface area contributed by atoms with Crippen LogP contribution in [0, 0.1) is 11.7 Å². The summed E-state index contributed by atoms with van der Waals surface area (Å²) in [5, 5.41) is 18.1. The molecule has 1 aromatic carbocycles. The van der Waals surface area contributed by atoms with Gasteiger partial charge in [-0.2, -0.15) is 0 Å². The van der Waals surface area contributed by atoms with Gasteiger partial charge < -0.3 is 15.1 Å². The maximum atomic E-state index is 11.9. The molecule has 24 heavy (non-hydrogen) atoms. The Bertz CT molecular complexity index is 1050. The minimum absolute atomic E-state index is 0.131. The van der Waals surface area contributed by atoms with E-state index in [1.54, 1.807) is 6.07 Å². The van der Waals surface area contributed by atoms with Gasteiger partial charge in [0.25, 0.3) is 11.5 Å². The minimum Gasteiger partial charge on any atom is -0.493 e. The first-order valence-corrected chi connectivity index (χ1v) is 7.42. The van der Waals surface area contributed by atoms with Crippen LogP contribution in [0.3, 0.4) is 0 Å². The summed E-state index contributed by atoms with van der Waals surface area (Å²) in [6, 6.07) is 6.71. The van der Waals surface area contributed by atoms with Crippen LogP contribution in [0.1, 0.15) is 11.3 Å². The van der Waals surface area contributed by atoms with Crippen LogP contribution in [-0.2, 0) is 11.2 Å². The van der Waals surface area contributed by atoms with E-state index in [-0.39, 0.29) is 22.8 Å². The summed E-state index contributed by atoms with van der Waals surface area (Å²) in [6.45, 7) is 1.89. The Morgan fingerprint density at radius 3 is 2.83 bits per heavy atom. The van der Waals surface area contributed by atoms with Crippen molar-refractivity contribution >= 4 is 34.7 Å². The molecule has 2 heterocycles. The van der Waals surface area contributed by atoms with E-state index in [9.17, 15) is 14.7 Å². The Balaban J connectivity index is 1.87. The van der Waals surface area contributed by atoms with Crippen molar-refractivity contribution in [2.45, 2.75) is 13.3 Å². The molecule has 0 bridgehead atoms. The number of nitrogens with one attached hydrogen (secondary N) is 3. The average molecular weight is 343 g/mol. The second kappa shape index (κ2) is 6.20. The molecular formula is C15H13N5O3S. The second-order valence-corrected chi connectivity index (χ2v) is 5.61. The van der Waals surface area contributed by atoms with Gasteiger partial charge in [-0.25, -0.2) is 0 Å². The Kier molecular flexibility index (Phi) is 4.09.